The van der Waals surface area contributed by atoms with Gasteiger partial charge in [0.1, 0.15) is 11.4 Å². The van der Waals surface area contributed by atoms with Gasteiger partial charge >= 0.3 is 0 Å². The van der Waals surface area contributed by atoms with Gasteiger partial charge in [-0.3, -0.25) is 0 Å². The van der Waals surface area contributed by atoms with Crippen molar-refractivity contribution in [1.82, 2.24) is 5.16 Å². The summed E-state index contributed by atoms with van der Waals surface area (Å²) in [6.07, 6.45) is 1.06. The van der Waals surface area contributed by atoms with Crippen LogP contribution in [0.25, 0.3) is 11.3 Å². The summed E-state index contributed by atoms with van der Waals surface area (Å²) in [6, 6.07) is 7.81. The van der Waals surface area contributed by atoms with E-state index in [-0.39, 0.29) is 0 Å². The first kappa shape index (κ1) is 13.5. The second kappa shape index (κ2) is 5.78. The number of rotatable bonds is 5. The summed E-state index contributed by atoms with van der Waals surface area (Å²) < 4.78 is 10.6. The molecular weight excluding hydrogens is 240 g/mol. The Kier molecular flexibility index (Phi) is 4.10. The number of nitrogens with zero attached hydrogens (tertiary/aromatic N) is 1. The number of benzene rings is 1. The maximum absolute atomic E-state index is 5.69. The highest BCUT2D eigenvalue weighted by Gasteiger charge is 2.13. The molecule has 0 fully saturated rings. The van der Waals surface area contributed by atoms with Crippen LogP contribution >= 0.6 is 0 Å². The van der Waals surface area contributed by atoms with Crippen molar-refractivity contribution < 1.29 is 9.26 Å². The van der Waals surface area contributed by atoms with Crippen molar-refractivity contribution >= 4 is 5.88 Å². The summed E-state index contributed by atoms with van der Waals surface area (Å²) in [5.41, 5.74) is 8.52. The minimum absolute atomic E-state index is 0.328. The van der Waals surface area contributed by atoms with Crippen molar-refractivity contribution in [1.29, 1.82) is 0 Å². The third-order valence-corrected chi connectivity index (χ3v) is 3.28. The third-order valence-electron chi connectivity index (χ3n) is 3.28. The molecule has 0 saturated heterocycles. The minimum Gasteiger partial charge on any atom is -0.494 e. The summed E-state index contributed by atoms with van der Waals surface area (Å²) >= 11 is 0. The number of nitrogen functional groups attached to an aromatic ring is 1. The van der Waals surface area contributed by atoms with Crippen molar-refractivity contribution in [3.63, 3.8) is 0 Å². The van der Waals surface area contributed by atoms with E-state index in [9.17, 15) is 0 Å². The zero-order valence-corrected chi connectivity index (χ0v) is 11.6. The lowest BCUT2D eigenvalue weighted by Gasteiger charge is -2.16. The summed E-state index contributed by atoms with van der Waals surface area (Å²) in [7, 11) is 0. The highest BCUT2D eigenvalue weighted by atomic mass is 16.5. The molecular formula is C15H20N2O2. The van der Waals surface area contributed by atoms with Gasteiger partial charge in [-0.1, -0.05) is 19.0 Å². The van der Waals surface area contributed by atoms with Gasteiger partial charge in [-0.2, -0.15) is 0 Å². The van der Waals surface area contributed by atoms with Crippen molar-refractivity contribution in [2.24, 2.45) is 0 Å². The van der Waals surface area contributed by atoms with E-state index in [2.05, 4.69) is 25.1 Å². The van der Waals surface area contributed by atoms with E-state index >= 15 is 0 Å². The molecule has 2 rings (SSSR count). The molecule has 0 aliphatic rings. The molecule has 102 valence electrons. The van der Waals surface area contributed by atoms with Gasteiger partial charge in [0.05, 0.1) is 6.61 Å². The molecule has 4 heteroatoms. The molecule has 0 saturated carbocycles. The van der Waals surface area contributed by atoms with E-state index in [0.717, 1.165) is 23.4 Å². The van der Waals surface area contributed by atoms with Crippen molar-refractivity contribution in [3.8, 4) is 17.0 Å². The zero-order chi connectivity index (χ0) is 13.8. The Morgan fingerprint density at radius 2 is 2.11 bits per heavy atom. The lowest BCUT2D eigenvalue weighted by molar-refractivity contribution is 0.334. The molecule has 0 radical (unpaired) electrons. The Morgan fingerprint density at radius 3 is 2.68 bits per heavy atom. The number of hydrogen-bond acceptors (Lipinski definition) is 4. The van der Waals surface area contributed by atoms with Gasteiger partial charge < -0.3 is 15.0 Å². The van der Waals surface area contributed by atoms with Gasteiger partial charge in [0, 0.05) is 11.6 Å². The van der Waals surface area contributed by atoms with E-state index < -0.39 is 0 Å². The molecule has 0 spiro atoms. The van der Waals surface area contributed by atoms with E-state index in [4.69, 9.17) is 15.0 Å². The Bertz CT molecular complexity index is 549. The Morgan fingerprint density at radius 1 is 1.32 bits per heavy atom. The second-order valence-electron chi connectivity index (χ2n) is 4.61. The Balaban J connectivity index is 2.42. The molecule has 1 aromatic heterocycles. The monoisotopic (exact) mass is 260 g/mol. The molecule has 1 unspecified atom stereocenters. The molecule has 19 heavy (non-hydrogen) atoms. The van der Waals surface area contributed by atoms with Crippen molar-refractivity contribution in [2.75, 3.05) is 12.3 Å². The van der Waals surface area contributed by atoms with Crippen molar-refractivity contribution in [2.45, 2.75) is 33.1 Å². The summed E-state index contributed by atoms with van der Waals surface area (Å²) in [5.74, 6) is 1.71. The van der Waals surface area contributed by atoms with Gasteiger partial charge in [0.15, 0.2) is 0 Å². The predicted molar refractivity (Wildman–Crippen MR) is 76.2 cm³/mol. The molecule has 1 aromatic carbocycles. The number of anilines is 1. The number of aromatic nitrogens is 1. The quantitative estimate of drug-likeness (QED) is 0.887. The predicted octanol–water partition coefficient (Wildman–Crippen LogP) is 3.84. The van der Waals surface area contributed by atoms with Gasteiger partial charge in [0.2, 0.25) is 5.88 Å². The SMILES string of the molecule is CCOc1ccc(-c2cc(N)on2)cc1C(C)CC. The largest absolute Gasteiger partial charge is 0.494 e. The first-order chi connectivity index (χ1) is 9.15. The standard InChI is InChI=1S/C15H20N2O2/c1-4-10(3)12-8-11(6-7-14(12)18-5-2)13-9-15(16)19-17-13/h6-10H,4-5,16H2,1-3H3. The Hall–Kier alpha value is -1.97. The smallest absolute Gasteiger partial charge is 0.222 e. The highest BCUT2D eigenvalue weighted by Crippen LogP contribution is 2.33. The van der Waals surface area contributed by atoms with Gasteiger partial charge in [-0.25, -0.2) is 0 Å². The Labute approximate surface area is 113 Å². The van der Waals surface area contributed by atoms with E-state index in [1.54, 1.807) is 6.07 Å². The lowest BCUT2D eigenvalue weighted by atomic mass is 9.95. The molecule has 0 aliphatic heterocycles. The van der Waals surface area contributed by atoms with E-state index in [1.165, 1.54) is 5.56 Å². The molecule has 1 atom stereocenters. The second-order valence-corrected chi connectivity index (χ2v) is 4.61. The van der Waals surface area contributed by atoms with Crippen LogP contribution < -0.4 is 10.5 Å². The third kappa shape index (κ3) is 2.89. The maximum Gasteiger partial charge on any atom is 0.222 e. The average molecular weight is 260 g/mol. The molecule has 0 bridgehead atoms. The fraction of sp³-hybridized carbons (Fsp3) is 0.400. The minimum atomic E-state index is 0.328. The van der Waals surface area contributed by atoms with Gasteiger partial charge in [-0.15, -0.1) is 0 Å². The highest BCUT2D eigenvalue weighted by molar-refractivity contribution is 5.64. The van der Waals surface area contributed by atoms with Crippen LogP contribution in [0.3, 0.4) is 0 Å². The van der Waals surface area contributed by atoms with Crippen LogP contribution in [0.2, 0.25) is 0 Å². The summed E-state index contributed by atoms with van der Waals surface area (Å²) in [4.78, 5) is 0. The fourth-order valence-electron chi connectivity index (χ4n) is 2.03. The van der Waals surface area contributed by atoms with Crippen LogP contribution in [0, 0.1) is 0 Å². The van der Waals surface area contributed by atoms with Crippen LogP contribution in [-0.4, -0.2) is 11.8 Å². The van der Waals surface area contributed by atoms with E-state index in [1.807, 2.05) is 19.1 Å². The molecule has 0 aliphatic carbocycles. The first-order valence-corrected chi connectivity index (χ1v) is 6.65. The van der Waals surface area contributed by atoms with Crippen molar-refractivity contribution in [3.05, 3.63) is 29.8 Å². The van der Waals surface area contributed by atoms with Crippen LogP contribution in [0.5, 0.6) is 5.75 Å². The number of nitrogens with two attached hydrogens (primary N) is 1. The summed E-state index contributed by atoms with van der Waals surface area (Å²) in [6.45, 7) is 7.02. The maximum atomic E-state index is 5.69. The molecule has 4 nitrogen and oxygen atoms in total. The van der Waals surface area contributed by atoms with Crippen LogP contribution in [0.15, 0.2) is 28.8 Å². The number of ether oxygens (including phenoxy) is 1. The molecule has 2 N–H and O–H groups in total. The zero-order valence-electron chi connectivity index (χ0n) is 11.6. The van der Waals surface area contributed by atoms with Crippen LogP contribution in [0.4, 0.5) is 5.88 Å². The molecule has 1 heterocycles. The van der Waals surface area contributed by atoms with Crippen LogP contribution in [0.1, 0.15) is 38.7 Å². The topological polar surface area (TPSA) is 61.3 Å². The normalized spacial score (nSPS) is 12.4. The lowest BCUT2D eigenvalue weighted by Crippen LogP contribution is -2.00. The first-order valence-electron chi connectivity index (χ1n) is 6.65. The average Bonchev–Trinajstić information content (AvgIpc) is 2.85. The summed E-state index contributed by atoms with van der Waals surface area (Å²) in [5, 5.41) is 3.95. The molecule has 2 aromatic rings. The van der Waals surface area contributed by atoms with Gasteiger partial charge in [0.25, 0.3) is 0 Å². The number of hydrogen-bond donors (Lipinski definition) is 1. The fourth-order valence-corrected chi connectivity index (χ4v) is 2.03. The van der Waals surface area contributed by atoms with Gasteiger partial charge in [-0.05, 0) is 43.0 Å². The van der Waals surface area contributed by atoms with E-state index in [0.29, 0.717) is 18.4 Å². The van der Waals surface area contributed by atoms with Crippen LogP contribution in [-0.2, 0) is 0 Å². The molecule has 0 amide bonds.